The lowest BCUT2D eigenvalue weighted by molar-refractivity contribution is -0.127. The van der Waals surface area contributed by atoms with Gasteiger partial charge in [-0.15, -0.1) is 5.10 Å². The highest BCUT2D eigenvalue weighted by atomic mass is 16.2. The van der Waals surface area contributed by atoms with Crippen LogP contribution in [0.3, 0.4) is 0 Å². The van der Waals surface area contributed by atoms with E-state index in [9.17, 15) is 9.59 Å². The van der Waals surface area contributed by atoms with Crippen LogP contribution in [0.4, 0.5) is 0 Å². The number of aromatic nitrogens is 4. The van der Waals surface area contributed by atoms with Gasteiger partial charge >= 0.3 is 0 Å². The van der Waals surface area contributed by atoms with Gasteiger partial charge in [0.25, 0.3) is 5.91 Å². The third-order valence-corrected chi connectivity index (χ3v) is 5.12. The van der Waals surface area contributed by atoms with E-state index < -0.39 is 0 Å². The molecule has 2 aromatic rings. The molecule has 0 spiro atoms. The lowest BCUT2D eigenvalue weighted by atomic mass is 9.88. The van der Waals surface area contributed by atoms with E-state index in [1.54, 1.807) is 24.3 Å². The van der Waals surface area contributed by atoms with Gasteiger partial charge in [-0.2, -0.15) is 0 Å². The smallest absolute Gasteiger partial charge is 0.269 e. The van der Waals surface area contributed by atoms with Crippen LogP contribution >= 0.6 is 0 Å². The summed E-state index contributed by atoms with van der Waals surface area (Å²) >= 11 is 0. The van der Waals surface area contributed by atoms with Crippen molar-refractivity contribution in [2.45, 2.75) is 25.7 Å². The van der Waals surface area contributed by atoms with E-state index >= 15 is 0 Å². The zero-order valence-electron chi connectivity index (χ0n) is 13.1. The van der Waals surface area contributed by atoms with Gasteiger partial charge in [0, 0.05) is 11.5 Å². The van der Waals surface area contributed by atoms with E-state index in [0.29, 0.717) is 17.4 Å². The van der Waals surface area contributed by atoms with E-state index in [4.69, 9.17) is 0 Å². The molecule has 0 aliphatic heterocycles. The summed E-state index contributed by atoms with van der Waals surface area (Å²) < 4.78 is 1.50. The summed E-state index contributed by atoms with van der Waals surface area (Å²) in [5.74, 6) is 0.824. The number of carbonyl (C=O) groups is 2. The van der Waals surface area contributed by atoms with Crippen molar-refractivity contribution in [3.63, 3.8) is 0 Å². The average Bonchev–Trinajstić information content (AvgIpc) is 3.37. The van der Waals surface area contributed by atoms with Gasteiger partial charge in [0.05, 0.1) is 5.69 Å². The topological polar surface area (TPSA) is 102 Å². The highest BCUT2D eigenvalue weighted by molar-refractivity contribution is 5.95. The molecule has 2 N–H and O–H groups in total. The Labute approximate surface area is 138 Å². The summed E-state index contributed by atoms with van der Waals surface area (Å²) in [6, 6.07) is 6.80. The highest BCUT2D eigenvalue weighted by Gasteiger charge is 2.43. The predicted octanol–water partition coefficient (Wildman–Crippen LogP) is 0.859. The maximum absolute atomic E-state index is 12.2. The molecule has 2 aliphatic carbocycles. The Bertz CT molecular complexity index is 742. The van der Waals surface area contributed by atoms with Gasteiger partial charge in [0.2, 0.25) is 5.91 Å². The zero-order valence-corrected chi connectivity index (χ0v) is 13.1. The summed E-state index contributed by atoms with van der Waals surface area (Å²) in [5, 5.41) is 10.9. The maximum Gasteiger partial charge on any atom is 0.269 e. The average molecular weight is 326 g/mol. The molecule has 2 amide bonds. The molecule has 24 heavy (non-hydrogen) atoms. The first kappa shape index (κ1) is 14.8. The number of tetrazole rings is 1. The molecule has 3 unspecified atom stereocenters. The van der Waals surface area contributed by atoms with Crippen molar-refractivity contribution in [3.8, 4) is 5.69 Å². The minimum absolute atomic E-state index is 0.0474. The number of nitrogens with zero attached hydrogens (tertiary/aromatic N) is 4. The van der Waals surface area contributed by atoms with E-state index in [1.807, 2.05) is 0 Å². The highest BCUT2D eigenvalue weighted by Crippen LogP contribution is 2.48. The molecule has 1 aromatic heterocycles. The number of amides is 2. The minimum atomic E-state index is -0.338. The summed E-state index contributed by atoms with van der Waals surface area (Å²) in [4.78, 5) is 24.4. The normalized spacial score (nSPS) is 24.8. The fourth-order valence-electron chi connectivity index (χ4n) is 3.89. The van der Waals surface area contributed by atoms with Crippen LogP contribution in [0.15, 0.2) is 30.6 Å². The quantitative estimate of drug-likeness (QED) is 0.815. The Balaban J connectivity index is 1.33. The minimum Gasteiger partial charge on any atom is -0.273 e. The molecular weight excluding hydrogens is 308 g/mol. The number of hydrazine groups is 1. The molecule has 2 fully saturated rings. The molecule has 0 radical (unpaired) electrons. The first-order valence-electron chi connectivity index (χ1n) is 8.14. The van der Waals surface area contributed by atoms with E-state index in [-0.39, 0.29) is 17.7 Å². The second kappa shape index (κ2) is 6.03. The summed E-state index contributed by atoms with van der Waals surface area (Å²) in [7, 11) is 0. The first-order valence-corrected chi connectivity index (χ1v) is 8.14. The molecule has 0 saturated heterocycles. The number of carbonyl (C=O) groups excluding carboxylic acids is 2. The van der Waals surface area contributed by atoms with Crippen molar-refractivity contribution in [3.05, 3.63) is 36.2 Å². The number of benzene rings is 1. The summed E-state index contributed by atoms with van der Waals surface area (Å²) in [6.45, 7) is 0. The van der Waals surface area contributed by atoms with Crippen LogP contribution in [-0.2, 0) is 4.79 Å². The molecule has 4 rings (SSSR count). The Kier molecular flexibility index (Phi) is 3.72. The summed E-state index contributed by atoms with van der Waals surface area (Å²) in [5.41, 5.74) is 6.29. The molecule has 3 atom stereocenters. The molecule has 2 saturated carbocycles. The third-order valence-electron chi connectivity index (χ3n) is 5.12. The number of fused-ring (bicyclic) bond motifs is 2. The largest absolute Gasteiger partial charge is 0.273 e. The van der Waals surface area contributed by atoms with Gasteiger partial charge in [-0.3, -0.25) is 20.4 Å². The first-order chi connectivity index (χ1) is 11.7. The Morgan fingerprint density at radius 2 is 1.92 bits per heavy atom. The van der Waals surface area contributed by atoms with Gasteiger partial charge in [0.1, 0.15) is 6.33 Å². The molecule has 8 heteroatoms. The molecule has 1 heterocycles. The van der Waals surface area contributed by atoms with Crippen LogP contribution in [0, 0.1) is 17.8 Å². The van der Waals surface area contributed by atoms with Crippen molar-refractivity contribution in [2.24, 2.45) is 17.8 Å². The van der Waals surface area contributed by atoms with Crippen molar-refractivity contribution in [1.82, 2.24) is 31.1 Å². The molecule has 2 bridgehead atoms. The Hall–Kier alpha value is -2.77. The monoisotopic (exact) mass is 326 g/mol. The summed E-state index contributed by atoms with van der Waals surface area (Å²) in [6.07, 6.45) is 5.96. The lowest BCUT2D eigenvalue weighted by Gasteiger charge is -2.20. The molecule has 124 valence electrons. The molecule has 2 aliphatic rings. The van der Waals surface area contributed by atoms with Crippen LogP contribution in [0.1, 0.15) is 36.0 Å². The van der Waals surface area contributed by atoms with E-state index in [0.717, 1.165) is 24.9 Å². The second-order valence-electron chi connectivity index (χ2n) is 6.53. The zero-order chi connectivity index (χ0) is 16.5. The number of hydrogen-bond donors (Lipinski definition) is 2. The number of nitrogens with one attached hydrogen (secondary N) is 2. The predicted molar refractivity (Wildman–Crippen MR) is 83.7 cm³/mol. The van der Waals surface area contributed by atoms with Crippen LogP contribution in [0.5, 0.6) is 0 Å². The van der Waals surface area contributed by atoms with E-state index in [2.05, 4.69) is 26.4 Å². The standard InChI is InChI=1S/C16H18N6O2/c23-15(11-3-5-13(6-4-11)22-9-17-20-21-22)18-19-16(24)14-8-10-1-2-12(14)7-10/h3-6,9-10,12,14H,1-2,7-8H2,(H,18,23)(H,19,24). The lowest BCUT2D eigenvalue weighted by Crippen LogP contribution is -2.45. The van der Waals surface area contributed by atoms with Crippen LogP contribution in [-0.4, -0.2) is 32.0 Å². The van der Waals surface area contributed by atoms with Gasteiger partial charge in [-0.05, 0) is 65.8 Å². The number of rotatable bonds is 3. The third kappa shape index (κ3) is 2.75. The molecule has 8 nitrogen and oxygen atoms in total. The molecular formula is C16H18N6O2. The van der Waals surface area contributed by atoms with Crippen molar-refractivity contribution in [2.75, 3.05) is 0 Å². The number of hydrogen-bond acceptors (Lipinski definition) is 5. The van der Waals surface area contributed by atoms with Gasteiger partial charge in [-0.25, -0.2) is 4.68 Å². The van der Waals surface area contributed by atoms with E-state index in [1.165, 1.54) is 17.4 Å². The Morgan fingerprint density at radius 1 is 1.08 bits per heavy atom. The van der Waals surface area contributed by atoms with Gasteiger partial charge < -0.3 is 0 Å². The van der Waals surface area contributed by atoms with Crippen LogP contribution in [0.25, 0.3) is 5.69 Å². The maximum atomic E-state index is 12.2. The Morgan fingerprint density at radius 3 is 2.54 bits per heavy atom. The van der Waals surface area contributed by atoms with Crippen molar-refractivity contribution >= 4 is 11.8 Å². The van der Waals surface area contributed by atoms with Crippen molar-refractivity contribution in [1.29, 1.82) is 0 Å². The second-order valence-corrected chi connectivity index (χ2v) is 6.53. The van der Waals surface area contributed by atoms with Crippen LogP contribution < -0.4 is 10.9 Å². The SMILES string of the molecule is O=C(NNC(=O)C1CC2CCC1C2)c1ccc(-n2cnnn2)cc1. The van der Waals surface area contributed by atoms with Gasteiger partial charge in [-0.1, -0.05) is 6.42 Å². The van der Waals surface area contributed by atoms with Gasteiger partial charge in [0.15, 0.2) is 0 Å². The van der Waals surface area contributed by atoms with Crippen LogP contribution in [0.2, 0.25) is 0 Å². The molecule has 1 aromatic carbocycles. The fourth-order valence-corrected chi connectivity index (χ4v) is 3.89. The fraction of sp³-hybridized carbons (Fsp3) is 0.438. The van der Waals surface area contributed by atoms with Crippen molar-refractivity contribution < 1.29 is 9.59 Å².